The molecule has 2 rings (SSSR count). The van der Waals surface area contributed by atoms with Crippen molar-refractivity contribution >= 4 is 11.6 Å². The molecule has 0 saturated heterocycles. The lowest BCUT2D eigenvalue weighted by Gasteiger charge is -2.10. The topological polar surface area (TPSA) is 47.6 Å². The summed E-state index contributed by atoms with van der Waals surface area (Å²) < 4.78 is 11.0. The van der Waals surface area contributed by atoms with Gasteiger partial charge in [0.25, 0.3) is 5.91 Å². The van der Waals surface area contributed by atoms with Crippen LogP contribution in [0.5, 0.6) is 11.5 Å². The second-order valence-corrected chi connectivity index (χ2v) is 5.46. The minimum Gasteiger partial charge on any atom is -0.494 e. The summed E-state index contributed by atoms with van der Waals surface area (Å²) in [6.07, 6.45) is 0.969. The summed E-state index contributed by atoms with van der Waals surface area (Å²) in [6, 6.07) is 13.1. The Morgan fingerprint density at radius 1 is 0.957 bits per heavy atom. The molecular weight excluding hydrogens is 290 g/mol. The highest BCUT2D eigenvalue weighted by molar-refractivity contribution is 5.92. The Balaban J connectivity index is 1.82. The van der Waals surface area contributed by atoms with Crippen LogP contribution < -0.4 is 14.8 Å². The van der Waals surface area contributed by atoms with Gasteiger partial charge >= 0.3 is 0 Å². The van der Waals surface area contributed by atoms with E-state index >= 15 is 0 Å². The Morgan fingerprint density at radius 3 is 2.22 bits per heavy atom. The molecule has 4 nitrogen and oxygen atoms in total. The molecule has 0 spiro atoms. The minimum absolute atomic E-state index is 0.0257. The molecule has 0 aliphatic rings. The summed E-state index contributed by atoms with van der Waals surface area (Å²) >= 11 is 0. The smallest absolute Gasteiger partial charge is 0.262 e. The van der Waals surface area contributed by atoms with Gasteiger partial charge in [-0.1, -0.05) is 13.0 Å². The summed E-state index contributed by atoms with van der Waals surface area (Å²) in [7, 11) is 0. The van der Waals surface area contributed by atoms with Gasteiger partial charge in [0.15, 0.2) is 6.61 Å². The van der Waals surface area contributed by atoms with Gasteiger partial charge in [-0.25, -0.2) is 0 Å². The molecule has 4 heteroatoms. The van der Waals surface area contributed by atoms with E-state index in [1.165, 1.54) is 5.56 Å². The van der Waals surface area contributed by atoms with Gasteiger partial charge in [0, 0.05) is 5.69 Å². The van der Waals surface area contributed by atoms with Crippen LogP contribution in [0.1, 0.15) is 24.5 Å². The third-order valence-electron chi connectivity index (χ3n) is 3.46. The average molecular weight is 313 g/mol. The molecule has 0 radical (unpaired) electrons. The zero-order valence-corrected chi connectivity index (χ0v) is 13.9. The number of benzene rings is 2. The lowest BCUT2D eigenvalue weighted by atomic mass is 10.1. The van der Waals surface area contributed by atoms with Gasteiger partial charge in [-0.05, 0) is 67.8 Å². The molecule has 0 unspecified atom stereocenters. The molecule has 0 heterocycles. The highest BCUT2D eigenvalue weighted by Crippen LogP contribution is 2.18. The number of nitrogens with one attached hydrogen (secondary N) is 1. The standard InChI is InChI=1S/C19H23NO3/c1-4-11-22-17-7-9-18(10-8-17)23-13-19(21)20-16-6-5-14(2)15(3)12-16/h5-10,12H,4,11,13H2,1-3H3,(H,20,21). The van der Waals surface area contributed by atoms with Crippen LogP contribution in [0, 0.1) is 13.8 Å². The van der Waals surface area contributed by atoms with Crippen molar-refractivity contribution in [2.24, 2.45) is 0 Å². The van der Waals surface area contributed by atoms with E-state index in [-0.39, 0.29) is 12.5 Å². The van der Waals surface area contributed by atoms with E-state index in [2.05, 4.69) is 12.2 Å². The Kier molecular flexibility index (Phi) is 6.03. The van der Waals surface area contributed by atoms with Crippen molar-refractivity contribution in [3.05, 3.63) is 53.6 Å². The molecule has 1 N–H and O–H groups in total. The van der Waals surface area contributed by atoms with E-state index in [4.69, 9.17) is 9.47 Å². The van der Waals surface area contributed by atoms with Crippen LogP contribution in [0.3, 0.4) is 0 Å². The molecule has 23 heavy (non-hydrogen) atoms. The van der Waals surface area contributed by atoms with Crippen LogP contribution in [0.2, 0.25) is 0 Å². The third kappa shape index (κ3) is 5.33. The first kappa shape index (κ1) is 16.9. The molecule has 0 aliphatic carbocycles. The Hall–Kier alpha value is -2.49. The van der Waals surface area contributed by atoms with Gasteiger partial charge in [0.2, 0.25) is 0 Å². The predicted molar refractivity (Wildman–Crippen MR) is 92.3 cm³/mol. The second-order valence-electron chi connectivity index (χ2n) is 5.46. The maximum atomic E-state index is 11.9. The normalized spacial score (nSPS) is 10.2. The number of hydrogen-bond acceptors (Lipinski definition) is 3. The number of rotatable bonds is 7. The highest BCUT2D eigenvalue weighted by atomic mass is 16.5. The average Bonchev–Trinajstić information content (AvgIpc) is 2.55. The molecule has 1 amide bonds. The van der Waals surface area contributed by atoms with Crippen molar-refractivity contribution < 1.29 is 14.3 Å². The quantitative estimate of drug-likeness (QED) is 0.837. The Morgan fingerprint density at radius 2 is 1.61 bits per heavy atom. The third-order valence-corrected chi connectivity index (χ3v) is 3.46. The minimum atomic E-state index is -0.181. The molecule has 122 valence electrons. The van der Waals surface area contributed by atoms with Crippen LogP contribution in [-0.4, -0.2) is 19.1 Å². The molecule has 0 saturated carbocycles. The summed E-state index contributed by atoms with van der Waals surface area (Å²) in [5, 5.41) is 2.83. The van der Waals surface area contributed by atoms with Crippen molar-refractivity contribution in [3.8, 4) is 11.5 Å². The largest absolute Gasteiger partial charge is 0.494 e. The monoisotopic (exact) mass is 313 g/mol. The molecular formula is C19H23NO3. The number of anilines is 1. The lowest BCUT2D eigenvalue weighted by molar-refractivity contribution is -0.118. The van der Waals surface area contributed by atoms with Gasteiger partial charge in [0.05, 0.1) is 6.61 Å². The van der Waals surface area contributed by atoms with E-state index in [0.29, 0.717) is 12.4 Å². The number of carbonyl (C=O) groups excluding carboxylic acids is 1. The zero-order valence-electron chi connectivity index (χ0n) is 13.9. The summed E-state index contributed by atoms with van der Waals surface area (Å²) in [5.74, 6) is 1.27. The van der Waals surface area contributed by atoms with Crippen LogP contribution in [0.15, 0.2) is 42.5 Å². The number of aryl methyl sites for hydroxylation is 2. The van der Waals surface area contributed by atoms with Crippen LogP contribution in [0.25, 0.3) is 0 Å². The molecule has 2 aromatic rings. The van der Waals surface area contributed by atoms with Crippen molar-refractivity contribution in [2.75, 3.05) is 18.5 Å². The van der Waals surface area contributed by atoms with Crippen molar-refractivity contribution in [1.82, 2.24) is 0 Å². The van der Waals surface area contributed by atoms with Crippen LogP contribution in [0.4, 0.5) is 5.69 Å². The van der Waals surface area contributed by atoms with Crippen molar-refractivity contribution in [3.63, 3.8) is 0 Å². The SMILES string of the molecule is CCCOc1ccc(OCC(=O)Nc2ccc(C)c(C)c2)cc1. The Bertz CT molecular complexity index is 650. The van der Waals surface area contributed by atoms with E-state index in [9.17, 15) is 4.79 Å². The first-order chi connectivity index (χ1) is 11.1. The first-order valence-electron chi connectivity index (χ1n) is 7.81. The molecule has 0 atom stereocenters. The fourth-order valence-electron chi connectivity index (χ4n) is 2.02. The predicted octanol–water partition coefficient (Wildman–Crippen LogP) is 4.11. The molecule has 0 fully saturated rings. The van der Waals surface area contributed by atoms with E-state index in [0.717, 1.165) is 23.4 Å². The first-order valence-corrected chi connectivity index (χ1v) is 7.81. The molecule has 2 aromatic carbocycles. The fourth-order valence-corrected chi connectivity index (χ4v) is 2.02. The number of carbonyl (C=O) groups is 1. The Labute approximate surface area is 137 Å². The molecule has 0 bridgehead atoms. The van der Waals surface area contributed by atoms with Crippen molar-refractivity contribution in [2.45, 2.75) is 27.2 Å². The van der Waals surface area contributed by atoms with Gasteiger partial charge in [-0.2, -0.15) is 0 Å². The summed E-state index contributed by atoms with van der Waals surface area (Å²) in [4.78, 5) is 11.9. The van der Waals surface area contributed by atoms with Gasteiger partial charge in [-0.3, -0.25) is 4.79 Å². The van der Waals surface area contributed by atoms with E-state index < -0.39 is 0 Å². The second kappa shape index (κ2) is 8.22. The fraction of sp³-hybridized carbons (Fsp3) is 0.316. The maximum Gasteiger partial charge on any atom is 0.262 e. The van der Waals surface area contributed by atoms with Crippen LogP contribution >= 0.6 is 0 Å². The van der Waals surface area contributed by atoms with E-state index in [1.807, 2.05) is 44.2 Å². The molecule has 0 aliphatic heterocycles. The van der Waals surface area contributed by atoms with E-state index in [1.54, 1.807) is 12.1 Å². The summed E-state index contributed by atoms with van der Waals surface area (Å²) in [5.41, 5.74) is 3.13. The number of ether oxygens (including phenoxy) is 2. The van der Waals surface area contributed by atoms with Crippen molar-refractivity contribution in [1.29, 1.82) is 0 Å². The van der Waals surface area contributed by atoms with Crippen LogP contribution in [-0.2, 0) is 4.79 Å². The maximum absolute atomic E-state index is 11.9. The number of amides is 1. The summed E-state index contributed by atoms with van der Waals surface area (Å²) in [6.45, 7) is 6.79. The van der Waals surface area contributed by atoms with Gasteiger partial charge in [-0.15, -0.1) is 0 Å². The van der Waals surface area contributed by atoms with Gasteiger partial charge < -0.3 is 14.8 Å². The van der Waals surface area contributed by atoms with Gasteiger partial charge in [0.1, 0.15) is 11.5 Å². The number of hydrogen-bond donors (Lipinski definition) is 1. The molecule has 0 aromatic heterocycles. The zero-order chi connectivity index (χ0) is 16.7. The highest BCUT2D eigenvalue weighted by Gasteiger charge is 2.05. The lowest BCUT2D eigenvalue weighted by Crippen LogP contribution is -2.20.